The first-order chi connectivity index (χ1) is 10.9. The summed E-state index contributed by atoms with van der Waals surface area (Å²) in [6.45, 7) is 6.48. The van der Waals surface area contributed by atoms with Crippen LogP contribution in [0.5, 0.6) is 0 Å². The lowest BCUT2D eigenvalue weighted by atomic mass is 9.93. The van der Waals surface area contributed by atoms with Crippen molar-refractivity contribution in [3.05, 3.63) is 71.8 Å². The molecule has 0 saturated heterocycles. The first-order valence-electron chi connectivity index (χ1n) is 8.43. The fraction of sp³-hybridized carbons (Fsp3) is 0.400. The van der Waals surface area contributed by atoms with Gasteiger partial charge in [0.05, 0.1) is 12.1 Å². The van der Waals surface area contributed by atoms with Gasteiger partial charge in [-0.2, -0.15) is 0 Å². The van der Waals surface area contributed by atoms with Crippen molar-refractivity contribution in [3.63, 3.8) is 0 Å². The zero-order valence-corrected chi connectivity index (χ0v) is 13.8. The second-order valence-corrected chi connectivity index (χ2v) is 5.68. The van der Waals surface area contributed by atoms with Crippen LogP contribution in [-0.4, -0.2) is 13.1 Å². The first kappa shape index (κ1) is 16.7. The van der Waals surface area contributed by atoms with Crippen LogP contribution in [0.25, 0.3) is 0 Å². The maximum Gasteiger partial charge on any atom is 0.0518 e. The van der Waals surface area contributed by atoms with Gasteiger partial charge in [0.1, 0.15) is 0 Å². The number of benzene rings is 2. The van der Waals surface area contributed by atoms with Gasteiger partial charge in [0, 0.05) is 0 Å². The Labute approximate surface area is 135 Å². The summed E-state index contributed by atoms with van der Waals surface area (Å²) in [7, 11) is 0. The monoisotopic (exact) mass is 296 g/mol. The van der Waals surface area contributed by atoms with Gasteiger partial charge in [-0.25, -0.2) is 0 Å². The molecule has 0 aromatic heterocycles. The second kappa shape index (κ2) is 9.39. The zero-order chi connectivity index (χ0) is 15.6. The molecule has 2 nitrogen and oxygen atoms in total. The average Bonchev–Trinajstić information content (AvgIpc) is 2.59. The lowest BCUT2D eigenvalue weighted by molar-refractivity contribution is 0.385. The number of rotatable bonds is 9. The summed E-state index contributed by atoms with van der Waals surface area (Å²) >= 11 is 0. The Bertz CT molecular complexity index is 460. The van der Waals surface area contributed by atoms with Crippen LogP contribution in [0.4, 0.5) is 0 Å². The minimum atomic E-state index is 0.287. The molecule has 0 unspecified atom stereocenters. The molecule has 0 aliphatic heterocycles. The van der Waals surface area contributed by atoms with E-state index in [4.69, 9.17) is 0 Å². The van der Waals surface area contributed by atoms with Crippen LogP contribution in [0.1, 0.15) is 49.9 Å². The maximum atomic E-state index is 3.73. The van der Waals surface area contributed by atoms with E-state index in [9.17, 15) is 0 Å². The molecule has 2 N–H and O–H groups in total. The summed E-state index contributed by atoms with van der Waals surface area (Å²) in [5.41, 5.74) is 2.68. The highest BCUT2D eigenvalue weighted by Gasteiger charge is 2.23. The Kier molecular flexibility index (Phi) is 7.14. The molecule has 0 heterocycles. The standard InChI is InChI=1S/C20H28N2/c1-3-15-21-19(17-11-7-5-8-12-17)20(22-16-4-2)18-13-9-6-10-14-18/h5-14,19-22H,3-4,15-16H2,1-2H3/t19-,20-/m1/s1. The minimum absolute atomic E-state index is 0.287. The minimum Gasteiger partial charge on any atom is -0.308 e. The first-order valence-corrected chi connectivity index (χ1v) is 8.43. The topological polar surface area (TPSA) is 24.1 Å². The molecule has 0 amide bonds. The number of hydrogen-bond donors (Lipinski definition) is 2. The Morgan fingerprint density at radius 2 is 1.00 bits per heavy atom. The Morgan fingerprint density at radius 3 is 1.32 bits per heavy atom. The van der Waals surface area contributed by atoms with Crippen molar-refractivity contribution in [1.82, 2.24) is 10.6 Å². The molecule has 118 valence electrons. The van der Waals surface area contributed by atoms with Crippen molar-refractivity contribution in [2.45, 2.75) is 38.8 Å². The van der Waals surface area contributed by atoms with Crippen molar-refractivity contribution in [1.29, 1.82) is 0 Å². The van der Waals surface area contributed by atoms with Crippen LogP contribution in [0.3, 0.4) is 0 Å². The number of hydrogen-bond acceptors (Lipinski definition) is 2. The van der Waals surface area contributed by atoms with Gasteiger partial charge in [-0.3, -0.25) is 0 Å². The van der Waals surface area contributed by atoms with Crippen molar-refractivity contribution in [2.24, 2.45) is 0 Å². The highest BCUT2D eigenvalue weighted by Crippen LogP contribution is 2.28. The van der Waals surface area contributed by atoms with E-state index >= 15 is 0 Å². The van der Waals surface area contributed by atoms with Gasteiger partial charge in [-0.15, -0.1) is 0 Å². The predicted octanol–water partition coefficient (Wildman–Crippen LogP) is 4.47. The highest BCUT2D eigenvalue weighted by molar-refractivity contribution is 5.27. The summed E-state index contributed by atoms with van der Waals surface area (Å²) in [4.78, 5) is 0. The molecule has 0 aliphatic carbocycles. The Balaban J connectivity index is 2.30. The van der Waals surface area contributed by atoms with E-state index in [1.165, 1.54) is 11.1 Å². The van der Waals surface area contributed by atoms with Gasteiger partial charge in [0.15, 0.2) is 0 Å². The van der Waals surface area contributed by atoms with Crippen LogP contribution in [0.2, 0.25) is 0 Å². The van der Waals surface area contributed by atoms with Crippen LogP contribution in [-0.2, 0) is 0 Å². The lowest BCUT2D eigenvalue weighted by Gasteiger charge is -2.30. The quantitative estimate of drug-likeness (QED) is 0.713. The molecule has 0 aliphatic rings. The zero-order valence-electron chi connectivity index (χ0n) is 13.8. The summed E-state index contributed by atoms with van der Waals surface area (Å²) < 4.78 is 0. The van der Waals surface area contributed by atoms with E-state index in [2.05, 4.69) is 85.1 Å². The van der Waals surface area contributed by atoms with Crippen LogP contribution in [0.15, 0.2) is 60.7 Å². The normalized spacial score (nSPS) is 13.7. The van der Waals surface area contributed by atoms with E-state index in [1.54, 1.807) is 0 Å². The van der Waals surface area contributed by atoms with Gasteiger partial charge in [-0.1, -0.05) is 74.5 Å². The average molecular weight is 296 g/mol. The largest absolute Gasteiger partial charge is 0.308 e. The molecule has 0 spiro atoms. The third-order valence-corrected chi connectivity index (χ3v) is 3.88. The lowest BCUT2D eigenvalue weighted by Crippen LogP contribution is -2.36. The molecule has 0 radical (unpaired) electrons. The van der Waals surface area contributed by atoms with Gasteiger partial charge in [0.25, 0.3) is 0 Å². The molecular weight excluding hydrogens is 268 g/mol. The molecule has 22 heavy (non-hydrogen) atoms. The molecular formula is C20H28N2. The van der Waals surface area contributed by atoms with Crippen LogP contribution < -0.4 is 10.6 Å². The van der Waals surface area contributed by atoms with E-state index in [-0.39, 0.29) is 12.1 Å². The highest BCUT2D eigenvalue weighted by atomic mass is 15.0. The molecule has 2 aromatic rings. The molecule has 2 rings (SSSR count). The van der Waals surface area contributed by atoms with Gasteiger partial charge in [-0.05, 0) is 37.1 Å². The van der Waals surface area contributed by atoms with Crippen LogP contribution in [0, 0.1) is 0 Å². The molecule has 0 fully saturated rings. The summed E-state index contributed by atoms with van der Waals surface area (Å²) in [5, 5.41) is 7.46. The molecule has 2 heteroatoms. The second-order valence-electron chi connectivity index (χ2n) is 5.68. The summed E-state index contributed by atoms with van der Waals surface area (Å²) in [5.74, 6) is 0. The number of nitrogens with one attached hydrogen (secondary N) is 2. The van der Waals surface area contributed by atoms with Gasteiger partial charge in [0.2, 0.25) is 0 Å². The predicted molar refractivity (Wildman–Crippen MR) is 95.0 cm³/mol. The van der Waals surface area contributed by atoms with Gasteiger partial charge >= 0.3 is 0 Å². The fourth-order valence-electron chi connectivity index (χ4n) is 2.78. The Hall–Kier alpha value is -1.64. The molecule has 0 saturated carbocycles. The van der Waals surface area contributed by atoms with Gasteiger partial charge < -0.3 is 10.6 Å². The van der Waals surface area contributed by atoms with Crippen molar-refractivity contribution in [3.8, 4) is 0 Å². The van der Waals surface area contributed by atoms with E-state index in [1.807, 2.05) is 0 Å². The smallest absolute Gasteiger partial charge is 0.0518 e. The van der Waals surface area contributed by atoms with E-state index < -0.39 is 0 Å². The summed E-state index contributed by atoms with van der Waals surface area (Å²) in [6, 6.07) is 22.1. The van der Waals surface area contributed by atoms with Crippen molar-refractivity contribution in [2.75, 3.05) is 13.1 Å². The molecule has 2 atom stereocenters. The third-order valence-electron chi connectivity index (χ3n) is 3.88. The SMILES string of the molecule is CCCN[C@H](c1ccccc1)[C@H](NCCC)c1ccccc1. The molecule has 2 aromatic carbocycles. The Morgan fingerprint density at radius 1 is 0.636 bits per heavy atom. The maximum absolute atomic E-state index is 3.73. The summed E-state index contributed by atoms with van der Waals surface area (Å²) in [6.07, 6.45) is 2.28. The van der Waals surface area contributed by atoms with Crippen molar-refractivity contribution >= 4 is 0 Å². The van der Waals surface area contributed by atoms with Crippen molar-refractivity contribution < 1.29 is 0 Å². The van der Waals surface area contributed by atoms with E-state index in [0.717, 1.165) is 25.9 Å². The molecule has 0 bridgehead atoms. The fourth-order valence-corrected chi connectivity index (χ4v) is 2.78. The van der Waals surface area contributed by atoms with Crippen LogP contribution >= 0.6 is 0 Å². The third kappa shape index (κ3) is 4.69. The van der Waals surface area contributed by atoms with E-state index in [0.29, 0.717) is 0 Å².